The van der Waals surface area contributed by atoms with Crippen LogP contribution < -0.4 is 5.32 Å². The second kappa shape index (κ2) is 6.94. The Balaban J connectivity index is 2.07. The van der Waals surface area contributed by atoms with Crippen LogP contribution in [0.2, 0.25) is 5.02 Å². The monoisotopic (exact) mass is 295 g/mol. The predicted molar refractivity (Wildman–Crippen MR) is 81.9 cm³/mol. The van der Waals surface area contributed by atoms with Crippen LogP contribution >= 0.6 is 22.9 Å². The largest absolute Gasteiger partial charge is 0.508 e. The number of phenolic OH excluding ortho intramolecular Hbond substituents is 1. The molecule has 1 atom stereocenters. The van der Waals surface area contributed by atoms with Gasteiger partial charge in [-0.2, -0.15) is 0 Å². The van der Waals surface area contributed by atoms with Crippen molar-refractivity contribution in [2.75, 3.05) is 0 Å². The van der Waals surface area contributed by atoms with Gasteiger partial charge in [0.1, 0.15) is 5.75 Å². The van der Waals surface area contributed by atoms with Gasteiger partial charge in [-0.15, -0.1) is 11.3 Å². The fourth-order valence-corrected chi connectivity index (χ4v) is 3.14. The van der Waals surface area contributed by atoms with E-state index in [-0.39, 0.29) is 5.75 Å². The molecule has 0 aliphatic carbocycles. The van der Waals surface area contributed by atoms with E-state index in [1.165, 1.54) is 4.88 Å². The highest BCUT2D eigenvalue weighted by molar-refractivity contribution is 7.10. The smallest absolute Gasteiger partial charge is 0.121 e. The van der Waals surface area contributed by atoms with Crippen molar-refractivity contribution in [3.05, 3.63) is 51.2 Å². The van der Waals surface area contributed by atoms with Crippen LogP contribution in [0.25, 0.3) is 0 Å². The first-order valence-corrected chi connectivity index (χ1v) is 7.71. The zero-order chi connectivity index (χ0) is 13.7. The van der Waals surface area contributed by atoms with Gasteiger partial charge in [0.2, 0.25) is 0 Å². The molecule has 2 nitrogen and oxygen atoms in total. The van der Waals surface area contributed by atoms with Crippen LogP contribution in [-0.2, 0) is 6.54 Å². The van der Waals surface area contributed by atoms with E-state index in [0.29, 0.717) is 17.6 Å². The highest BCUT2D eigenvalue weighted by atomic mass is 35.5. The lowest BCUT2D eigenvalue weighted by atomic mass is 10.1. The van der Waals surface area contributed by atoms with Gasteiger partial charge in [0.05, 0.1) is 0 Å². The molecule has 0 aliphatic rings. The van der Waals surface area contributed by atoms with Crippen molar-refractivity contribution >= 4 is 22.9 Å². The minimum atomic E-state index is 0.251. The first kappa shape index (κ1) is 14.4. The van der Waals surface area contributed by atoms with Gasteiger partial charge in [0.15, 0.2) is 0 Å². The summed E-state index contributed by atoms with van der Waals surface area (Å²) in [6.07, 6.45) is 2.19. The number of nitrogens with one attached hydrogen (secondary N) is 1. The van der Waals surface area contributed by atoms with E-state index in [1.54, 1.807) is 29.5 Å². The second-order valence-electron chi connectivity index (χ2n) is 4.48. The number of benzene rings is 1. The van der Waals surface area contributed by atoms with Crippen molar-refractivity contribution < 1.29 is 5.11 Å². The van der Waals surface area contributed by atoms with Crippen molar-refractivity contribution in [3.8, 4) is 5.75 Å². The lowest BCUT2D eigenvalue weighted by molar-refractivity contribution is 0.452. The number of hydrogen-bond donors (Lipinski definition) is 2. The van der Waals surface area contributed by atoms with E-state index in [0.717, 1.165) is 18.4 Å². The fraction of sp³-hybridized carbons (Fsp3) is 0.333. The molecule has 4 heteroatoms. The van der Waals surface area contributed by atoms with Crippen LogP contribution in [0.15, 0.2) is 35.7 Å². The Hall–Kier alpha value is -1.03. The molecular weight excluding hydrogens is 278 g/mol. The molecule has 0 saturated heterocycles. The minimum absolute atomic E-state index is 0.251. The maximum absolute atomic E-state index is 9.84. The number of halogens is 1. The van der Waals surface area contributed by atoms with Gasteiger partial charge in [-0.3, -0.25) is 0 Å². The van der Waals surface area contributed by atoms with Crippen LogP contribution in [0.4, 0.5) is 0 Å². The normalized spacial score (nSPS) is 12.5. The third-order valence-electron chi connectivity index (χ3n) is 3.08. The molecule has 0 amide bonds. The lowest BCUT2D eigenvalue weighted by Crippen LogP contribution is -2.20. The number of hydrogen-bond acceptors (Lipinski definition) is 3. The van der Waals surface area contributed by atoms with E-state index in [2.05, 4.69) is 29.8 Å². The fourth-order valence-electron chi connectivity index (χ4n) is 2.07. The van der Waals surface area contributed by atoms with Crippen LogP contribution in [0, 0.1) is 0 Å². The van der Waals surface area contributed by atoms with Crippen LogP contribution in [0.1, 0.15) is 36.2 Å². The summed E-state index contributed by atoms with van der Waals surface area (Å²) in [5.74, 6) is 0.251. The molecular formula is C15H18ClNOS. The maximum atomic E-state index is 9.84. The van der Waals surface area contributed by atoms with E-state index in [4.69, 9.17) is 11.6 Å². The summed E-state index contributed by atoms with van der Waals surface area (Å²) in [5, 5.41) is 16.0. The van der Waals surface area contributed by atoms with Crippen molar-refractivity contribution in [2.24, 2.45) is 0 Å². The zero-order valence-corrected chi connectivity index (χ0v) is 12.5. The van der Waals surface area contributed by atoms with Crippen molar-refractivity contribution in [3.63, 3.8) is 0 Å². The standard InChI is InChI=1S/C15H18ClNOS/c1-2-5-13(15-8-4-9-19-15)17-10-11-12(16)6-3-7-14(11)18/h3-4,6-9,13,17-18H,2,5,10H2,1H3. The SMILES string of the molecule is CCCC(NCc1c(O)cccc1Cl)c1cccs1. The Kier molecular flexibility index (Phi) is 5.25. The second-order valence-corrected chi connectivity index (χ2v) is 5.86. The van der Waals surface area contributed by atoms with Crippen molar-refractivity contribution in [1.29, 1.82) is 0 Å². The van der Waals surface area contributed by atoms with Gasteiger partial charge in [-0.05, 0) is 30.0 Å². The Morgan fingerprint density at radius 1 is 1.32 bits per heavy atom. The molecule has 1 aromatic carbocycles. The highest BCUT2D eigenvalue weighted by Gasteiger charge is 2.13. The Bertz CT molecular complexity index is 493. The van der Waals surface area contributed by atoms with E-state index in [9.17, 15) is 5.11 Å². The molecule has 0 spiro atoms. The van der Waals surface area contributed by atoms with Crippen LogP contribution in [0.5, 0.6) is 5.75 Å². The molecule has 2 aromatic rings. The van der Waals surface area contributed by atoms with Gasteiger partial charge < -0.3 is 10.4 Å². The molecule has 0 aliphatic heterocycles. The van der Waals surface area contributed by atoms with Crippen LogP contribution in [-0.4, -0.2) is 5.11 Å². The summed E-state index contributed by atoms with van der Waals surface area (Å²) in [6.45, 7) is 2.75. The number of phenols is 1. The first-order valence-electron chi connectivity index (χ1n) is 6.45. The average molecular weight is 296 g/mol. The van der Waals surface area contributed by atoms with E-state index < -0.39 is 0 Å². The Morgan fingerprint density at radius 2 is 2.16 bits per heavy atom. The quantitative estimate of drug-likeness (QED) is 0.807. The van der Waals surface area contributed by atoms with Gasteiger partial charge in [-0.25, -0.2) is 0 Å². The third kappa shape index (κ3) is 3.72. The molecule has 1 unspecified atom stereocenters. The van der Waals surface area contributed by atoms with E-state index in [1.807, 2.05) is 0 Å². The Labute approximate surface area is 123 Å². The number of aromatic hydroxyl groups is 1. The van der Waals surface area contributed by atoms with Gasteiger partial charge in [0, 0.05) is 28.0 Å². The van der Waals surface area contributed by atoms with Gasteiger partial charge >= 0.3 is 0 Å². The van der Waals surface area contributed by atoms with E-state index >= 15 is 0 Å². The summed E-state index contributed by atoms with van der Waals surface area (Å²) < 4.78 is 0. The molecule has 0 bridgehead atoms. The molecule has 0 fully saturated rings. The van der Waals surface area contributed by atoms with Crippen LogP contribution in [0.3, 0.4) is 0 Å². The highest BCUT2D eigenvalue weighted by Crippen LogP contribution is 2.28. The lowest BCUT2D eigenvalue weighted by Gasteiger charge is -2.17. The molecule has 0 saturated carbocycles. The molecule has 102 valence electrons. The average Bonchev–Trinajstić information content (AvgIpc) is 2.90. The molecule has 1 aromatic heterocycles. The first-order chi connectivity index (χ1) is 9.22. The summed E-state index contributed by atoms with van der Waals surface area (Å²) in [4.78, 5) is 1.33. The van der Waals surface area contributed by atoms with Crippen molar-refractivity contribution in [1.82, 2.24) is 5.32 Å². The number of rotatable bonds is 6. The maximum Gasteiger partial charge on any atom is 0.121 e. The third-order valence-corrected chi connectivity index (χ3v) is 4.42. The molecule has 2 N–H and O–H groups in total. The minimum Gasteiger partial charge on any atom is -0.508 e. The number of thiophene rings is 1. The van der Waals surface area contributed by atoms with Crippen molar-refractivity contribution in [2.45, 2.75) is 32.4 Å². The predicted octanol–water partition coefficient (Wildman–Crippen LogP) is 4.74. The zero-order valence-electron chi connectivity index (χ0n) is 10.9. The molecule has 19 heavy (non-hydrogen) atoms. The summed E-state index contributed by atoms with van der Waals surface area (Å²) in [5.41, 5.74) is 0.766. The summed E-state index contributed by atoms with van der Waals surface area (Å²) >= 11 is 7.87. The molecule has 0 radical (unpaired) electrons. The summed E-state index contributed by atoms with van der Waals surface area (Å²) in [7, 11) is 0. The summed E-state index contributed by atoms with van der Waals surface area (Å²) in [6, 6.07) is 9.76. The van der Waals surface area contributed by atoms with Gasteiger partial charge in [0.25, 0.3) is 0 Å². The molecule has 1 heterocycles. The Morgan fingerprint density at radius 3 is 2.79 bits per heavy atom. The topological polar surface area (TPSA) is 32.3 Å². The van der Waals surface area contributed by atoms with Gasteiger partial charge in [-0.1, -0.05) is 37.1 Å². The molecule has 2 rings (SSSR count).